The van der Waals surface area contributed by atoms with Gasteiger partial charge in [0.25, 0.3) is 5.91 Å². The number of nitrogens with two attached hydrogens (primary N) is 1. The Balaban J connectivity index is 1.82. The predicted octanol–water partition coefficient (Wildman–Crippen LogP) is 1.95. The van der Waals surface area contributed by atoms with Crippen LogP contribution in [0.5, 0.6) is 5.75 Å². The molecule has 2 aromatic carbocycles. The second kappa shape index (κ2) is 7.16. The van der Waals surface area contributed by atoms with Crippen LogP contribution < -0.4 is 21.0 Å². The molecular weight excluding hydrogens is 365 g/mol. The van der Waals surface area contributed by atoms with Gasteiger partial charge in [0.1, 0.15) is 12.3 Å². The fourth-order valence-electron chi connectivity index (χ4n) is 2.64. The van der Waals surface area contributed by atoms with E-state index in [4.69, 9.17) is 5.73 Å². The van der Waals surface area contributed by atoms with Crippen molar-refractivity contribution < 1.29 is 27.5 Å². The van der Waals surface area contributed by atoms with Crippen molar-refractivity contribution in [3.8, 4) is 5.75 Å². The molecule has 3 rings (SSSR count). The van der Waals surface area contributed by atoms with Gasteiger partial charge in [-0.1, -0.05) is 24.3 Å². The molecule has 0 unspecified atom stereocenters. The first kappa shape index (κ1) is 18.5. The van der Waals surface area contributed by atoms with Gasteiger partial charge < -0.3 is 10.5 Å². The van der Waals surface area contributed by atoms with Crippen LogP contribution in [0, 0.1) is 0 Å². The number of carbonyl (C=O) groups is 2. The number of hydrogen-bond donors (Lipinski definition) is 2. The zero-order chi connectivity index (χ0) is 19.6. The molecule has 2 amide bonds. The van der Waals surface area contributed by atoms with E-state index in [1.165, 1.54) is 24.3 Å². The summed E-state index contributed by atoms with van der Waals surface area (Å²) in [5.74, 6) is -1.43. The Hall–Kier alpha value is -3.27. The molecule has 0 saturated carbocycles. The zero-order valence-electron chi connectivity index (χ0n) is 13.9. The average Bonchev–Trinajstić information content (AvgIpc) is 2.59. The van der Waals surface area contributed by atoms with Crippen LogP contribution in [0.2, 0.25) is 0 Å². The molecule has 142 valence electrons. The van der Waals surface area contributed by atoms with Crippen molar-refractivity contribution in [3.05, 3.63) is 59.7 Å². The molecule has 27 heavy (non-hydrogen) atoms. The van der Waals surface area contributed by atoms with Gasteiger partial charge in [-0.25, -0.2) is 5.01 Å². The summed E-state index contributed by atoms with van der Waals surface area (Å²) >= 11 is 0. The van der Waals surface area contributed by atoms with E-state index in [2.05, 4.69) is 10.3 Å². The van der Waals surface area contributed by atoms with Crippen LogP contribution in [0.3, 0.4) is 0 Å². The second-order valence-corrected chi connectivity index (χ2v) is 5.75. The molecule has 0 radical (unpaired) electrons. The average molecular weight is 380 g/mol. The van der Waals surface area contributed by atoms with Crippen molar-refractivity contribution in [2.24, 2.45) is 5.73 Å². The predicted molar refractivity (Wildman–Crippen MR) is 89.1 cm³/mol. The highest BCUT2D eigenvalue weighted by Crippen LogP contribution is 2.27. The summed E-state index contributed by atoms with van der Waals surface area (Å²) in [5, 5.41) is 2.67. The monoisotopic (exact) mass is 380 g/mol. The Kier molecular flexibility index (Phi) is 4.91. The Morgan fingerprint density at radius 3 is 2.37 bits per heavy atom. The van der Waals surface area contributed by atoms with Crippen molar-refractivity contribution in [2.45, 2.75) is 12.9 Å². The van der Waals surface area contributed by atoms with Gasteiger partial charge in [0.2, 0.25) is 5.91 Å². The van der Waals surface area contributed by atoms with Gasteiger partial charge >= 0.3 is 6.36 Å². The highest BCUT2D eigenvalue weighted by Gasteiger charge is 2.31. The van der Waals surface area contributed by atoms with Gasteiger partial charge in [-0.15, -0.1) is 18.7 Å². The molecule has 0 spiro atoms. The number of primary amides is 1. The second-order valence-electron chi connectivity index (χ2n) is 5.75. The summed E-state index contributed by atoms with van der Waals surface area (Å²) < 4.78 is 40.6. The molecule has 10 heteroatoms. The summed E-state index contributed by atoms with van der Waals surface area (Å²) in [4.78, 5) is 23.6. The van der Waals surface area contributed by atoms with Crippen LogP contribution >= 0.6 is 0 Å². The molecule has 3 N–H and O–H groups in total. The zero-order valence-corrected chi connectivity index (χ0v) is 13.9. The van der Waals surface area contributed by atoms with Crippen LogP contribution in [-0.2, 0) is 11.3 Å². The van der Waals surface area contributed by atoms with Crippen molar-refractivity contribution in [1.29, 1.82) is 0 Å². The van der Waals surface area contributed by atoms with Gasteiger partial charge in [0.05, 0.1) is 17.8 Å². The highest BCUT2D eigenvalue weighted by molar-refractivity contribution is 6.02. The Morgan fingerprint density at radius 2 is 1.74 bits per heavy atom. The molecule has 0 aromatic heterocycles. The fraction of sp³-hybridized carbons (Fsp3) is 0.176. The quantitative estimate of drug-likeness (QED) is 0.828. The maximum atomic E-state index is 12.4. The number of hydrogen-bond acceptors (Lipinski definition) is 5. The van der Waals surface area contributed by atoms with E-state index in [9.17, 15) is 22.8 Å². The summed E-state index contributed by atoms with van der Waals surface area (Å²) in [6, 6.07) is 12.1. The molecule has 1 heterocycles. The van der Waals surface area contributed by atoms with Gasteiger partial charge in [0, 0.05) is 0 Å². The summed E-state index contributed by atoms with van der Waals surface area (Å²) in [7, 11) is 0. The van der Waals surface area contributed by atoms with Gasteiger partial charge in [-0.05, 0) is 29.8 Å². The van der Waals surface area contributed by atoms with E-state index >= 15 is 0 Å². The molecule has 2 aromatic rings. The first-order valence-corrected chi connectivity index (χ1v) is 7.80. The number of fused-ring (bicyclic) bond motifs is 1. The number of para-hydroxylation sites is 1. The lowest BCUT2D eigenvalue weighted by Gasteiger charge is -2.38. The molecule has 7 nitrogen and oxygen atoms in total. The Morgan fingerprint density at radius 1 is 1.07 bits per heavy atom. The molecule has 0 fully saturated rings. The number of halogens is 3. The molecular formula is C17H15F3N4O3. The van der Waals surface area contributed by atoms with Crippen molar-refractivity contribution in [2.75, 3.05) is 11.6 Å². The summed E-state index contributed by atoms with van der Waals surface area (Å²) in [6.07, 6.45) is -4.76. The number of anilines is 1. The first-order chi connectivity index (χ1) is 12.7. The van der Waals surface area contributed by atoms with Crippen LogP contribution in [0.25, 0.3) is 0 Å². The largest absolute Gasteiger partial charge is 0.573 e. The molecule has 1 aliphatic heterocycles. The molecule has 0 bridgehead atoms. The number of alkyl halides is 3. The number of benzene rings is 2. The Bertz CT molecular complexity index is 855. The van der Waals surface area contributed by atoms with E-state index in [1.807, 2.05) is 0 Å². The number of rotatable bonds is 5. The first-order valence-electron chi connectivity index (χ1n) is 7.80. The molecule has 0 atom stereocenters. The van der Waals surface area contributed by atoms with Gasteiger partial charge in [0.15, 0.2) is 0 Å². The van der Waals surface area contributed by atoms with E-state index < -0.39 is 18.2 Å². The van der Waals surface area contributed by atoms with E-state index in [1.54, 1.807) is 29.3 Å². The third-order valence-corrected chi connectivity index (χ3v) is 3.72. The fourth-order valence-corrected chi connectivity index (χ4v) is 2.64. The number of nitrogens with one attached hydrogen (secondary N) is 1. The van der Waals surface area contributed by atoms with E-state index in [-0.39, 0.29) is 18.8 Å². The number of ether oxygens (including phenoxy) is 1. The van der Waals surface area contributed by atoms with Crippen LogP contribution in [-0.4, -0.2) is 29.7 Å². The maximum absolute atomic E-state index is 12.4. The lowest BCUT2D eigenvalue weighted by atomic mass is 10.1. The SMILES string of the molecule is NC(=O)CN1NN(Cc2ccc(OC(F)(F)F)cc2)c2ccccc2C1=O. The van der Waals surface area contributed by atoms with Crippen LogP contribution in [0.15, 0.2) is 48.5 Å². The molecule has 0 aliphatic carbocycles. The van der Waals surface area contributed by atoms with Crippen LogP contribution in [0.4, 0.5) is 18.9 Å². The minimum atomic E-state index is -4.76. The standard InChI is InChI=1S/C17H15F3N4O3/c18-17(19,20)27-12-7-5-11(6-8-12)9-23-14-4-2-1-3-13(14)16(26)24(22-23)10-15(21)25/h1-8,22H,9-10H2,(H2,21,25). The third kappa shape index (κ3) is 4.47. The number of amides is 2. The van der Waals surface area contributed by atoms with Crippen molar-refractivity contribution >= 4 is 17.5 Å². The minimum absolute atomic E-state index is 0.214. The van der Waals surface area contributed by atoms with Crippen molar-refractivity contribution in [3.63, 3.8) is 0 Å². The normalized spacial score (nSPS) is 14.1. The summed E-state index contributed by atoms with van der Waals surface area (Å²) in [6.45, 7) is -0.117. The number of hydrazine groups is 2. The third-order valence-electron chi connectivity index (χ3n) is 3.72. The van der Waals surface area contributed by atoms with E-state index in [0.717, 1.165) is 5.01 Å². The Labute approximate surface area is 152 Å². The molecule has 0 saturated heterocycles. The lowest BCUT2D eigenvalue weighted by molar-refractivity contribution is -0.274. The number of nitrogens with zero attached hydrogens (tertiary/aromatic N) is 2. The minimum Gasteiger partial charge on any atom is -0.406 e. The van der Waals surface area contributed by atoms with Gasteiger partial charge in [-0.2, -0.15) is 0 Å². The van der Waals surface area contributed by atoms with E-state index in [0.29, 0.717) is 16.8 Å². The molecule has 1 aliphatic rings. The topological polar surface area (TPSA) is 87.9 Å². The summed E-state index contributed by atoms with van der Waals surface area (Å²) in [5.41, 5.74) is 9.56. The highest BCUT2D eigenvalue weighted by atomic mass is 19.4. The number of carbonyl (C=O) groups excluding carboxylic acids is 2. The van der Waals surface area contributed by atoms with Gasteiger partial charge in [-0.3, -0.25) is 14.6 Å². The smallest absolute Gasteiger partial charge is 0.406 e. The van der Waals surface area contributed by atoms with Crippen molar-refractivity contribution in [1.82, 2.24) is 10.5 Å². The maximum Gasteiger partial charge on any atom is 0.573 e. The lowest BCUT2D eigenvalue weighted by Crippen LogP contribution is -2.58. The van der Waals surface area contributed by atoms with Crippen LogP contribution in [0.1, 0.15) is 15.9 Å².